The van der Waals surface area contributed by atoms with Crippen molar-refractivity contribution in [1.29, 1.82) is 0 Å². The molecule has 2 heterocycles. The first kappa shape index (κ1) is 18.6. The van der Waals surface area contributed by atoms with E-state index in [2.05, 4.69) is 35.1 Å². The second-order valence-corrected chi connectivity index (χ2v) is 10.2. The van der Waals surface area contributed by atoms with Crippen LogP contribution in [0.25, 0.3) is 5.69 Å². The van der Waals surface area contributed by atoms with E-state index in [1.165, 1.54) is 18.4 Å². The summed E-state index contributed by atoms with van der Waals surface area (Å²) in [6.07, 6.45) is 9.70. The van der Waals surface area contributed by atoms with Crippen molar-refractivity contribution in [3.63, 3.8) is 0 Å². The minimum Gasteiger partial charge on any atom is -0.390 e. The van der Waals surface area contributed by atoms with E-state index in [4.69, 9.17) is 0 Å². The normalized spacial score (nSPS) is 34.9. The second kappa shape index (κ2) is 6.68. The van der Waals surface area contributed by atoms with Crippen LogP contribution in [0.1, 0.15) is 67.1 Å². The maximum atomic E-state index is 13.7. The van der Waals surface area contributed by atoms with Gasteiger partial charge in [-0.05, 0) is 80.8 Å². The first-order valence-corrected chi connectivity index (χ1v) is 11.7. The smallest absolute Gasteiger partial charge is 0.257 e. The van der Waals surface area contributed by atoms with Crippen LogP contribution in [0.3, 0.4) is 0 Å². The number of aliphatic hydroxyl groups is 1. The average Bonchev–Trinajstić information content (AvgIpc) is 3.07. The van der Waals surface area contributed by atoms with Gasteiger partial charge in [-0.25, -0.2) is 4.68 Å². The number of aryl methyl sites for hydroxylation is 1. The van der Waals surface area contributed by atoms with Gasteiger partial charge in [0.25, 0.3) is 5.91 Å². The molecule has 1 aromatic heterocycles. The molecule has 5 heteroatoms. The van der Waals surface area contributed by atoms with Gasteiger partial charge in [-0.1, -0.05) is 25.1 Å². The minimum atomic E-state index is -0.457. The molecule has 2 unspecified atom stereocenters. The number of benzene rings is 1. The minimum absolute atomic E-state index is 0.159. The third-order valence-corrected chi connectivity index (χ3v) is 8.32. The summed E-state index contributed by atoms with van der Waals surface area (Å²) in [7, 11) is 0. The van der Waals surface area contributed by atoms with Crippen LogP contribution in [-0.4, -0.2) is 43.9 Å². The number of amides is 1. The first-order chi connectivity index (χ1) is 14.6. The van der Waals surface area contributed by atoms with Gasteiger partial charge in [0.1, 0.15) is 0 Å². The maximum absolute atomic E-state index is 13.7. The maximum Gasteiger partial charge on any atom is 0.257 e. The molecule has 0 radical (unpaired) electrons. The molecule has 158 valence electrons. The van der Waals surface area contributed by atoms with E-state index in [0.29, 0.717) is 23.8 Å². The Bertz CT molecular complexity index is 980. The predicted molar refractivity (Wildman–Crippen MR) is 115 cm³/mol. The topological polar surface area (TPSA) is 58.4 Å². The predicted octanol–water partition coefficient (Wildman–Crippen LogP) is 3.76. The molecule has 0 spiro atoms. The fourth-order valence-electron chi connectivity index (χ4n) is 7.44. The van der Waals surface area contributed by atoms with Crippen LogP contribution in [0.15, 0.2) is 30.5 Å². The fourth-order valence-corrected chi connectivity index (χ4v) is 7.44. The quantitative estimate of drug-likeness (QED) is 0.846. The molecule has 0 saturated heterocycles. The van der Waals surface area contributed by atoms with Gasteiger partial charge in [0.2, 0.25) is 0 Å². The van der Waals surface area contributed by atoms with Crippen molar-refractivity contribution in [3.05, 3.63) is 47.3 Å². The molecular weight excluding hydrogens is 374 g/mol. The fraction of sp³-hybridized carbons (Fsp3) is 0.600. The van der Waals surface area contributed by atoms with E-state index in [9.17, 15) is 9.90 Å². The summed E-state index contributed by atoms with van der Waals surface area (Å²) < 4.78 is 2.01. The molecule has 30 heavy (non-hydrogen) atoms. The Balaban J connectivity index is 1.35. The number of fused-ring (bicyclic) bond motifs is 1. The number of hydrogen-bond donors (Lipinski definition) is 1. The summed E-state index contributed by atoms with van der Waals surface area (Å²) in [6, 6.07) is 8.67. The number of carbonyl (C=O) groups is 1. The number of aromatic nitrogens is 2. The number of hydrogen-bond acceptors (Lipinski definition) is 3. The van der Waals surface area contributed by atoms with Crippen LogP contribution in [0.5, 0.6) is 0 Å². The van der Waals surface area contributed by atoms with E-state index in [-0.39, 0.29) is 5.91 Å². The molecule has 4 saturated carbocycles. The van der Waals surface area contributed by atoms with Crippen molar-refractivity contribution in [2.24, 2.45) is 17.8 Å². The Kier molecular flexibility index (Phi) is 4.14. The monoisotopic (exact) mass is 405 g/mol. The molecule has 4 aliphatic carbocycles. The SMILES string of the molecule is CCc1ccccc1-n1ncc2c1CCCN(C1C3CC4CC1CC(O)(C4)C3)C2=O. The Hall–Kier alpha value is -2.14. The molecule has 1 N–H and O–H groups in total. The molecule has 1 amide bonds. The lowest BCUT2D eigenvalue weighted by atomic mass is 9.52. The zero-order chi connectivity index (χ0) is 20.5. The molecule has 2 aromatic rings. The zero-order valence-electron chi connectivity index (χ0n) is 17.8. The third kappa shape index (κ3) is 2.71. The van der Waals surface area contributed by atoms with E-state index >= 15 is 0 Å². The van der Waals surface area contributed by atoms with E-state index < -0.39 is 5.60 Å². The molecule has 5 aliphatic rings. The number of para-hydroxylation sites is 1. The Morgan fingerprint density at radius 3 is 2.67 bits per heavy atom. The van der Waals surface area contributed by atoms with Gasteiger partial charge >= 0.3 is 0 Å². The van der Waals surface area contributed by atoms with Crippen molar-refractivity contribution in [2.45, 2.75) is 69.9 Å². The van der Waals surface area contributed by atoms with Gasteiger partial charge in [-0.15, -0.1) is 0 Å². The zero-order valence-corrected chi connectivity index (χ0v) is 17.8. The lowest BCUT2D eigenvalue weighted by Gasteiger charge is -2.60. The van der Waals surface area contributed by atoms with Crippen molar-refractivity contribution in [1.82, 2.24) is 14.7 Å². The molecule has 1 aliphatic heterocycles. The Labute approximate surface area is 178 Å². The lowest BCUT2D eigenvalue weighted by molar-refractivity contribution is -0.154. The molecule has 2 atom stereocenters. The van der Waals surface area contributed by atoms with Gasteiger partial charge in [0.15, 0.2) is 0 Å². The van der Waals surface area contributed by atoms with Crippen molar-refractivity contribution < 1.29 is 9.90 Å². The van der Waals surface area contributed by atoms with E-state index in [1.54, 1.807) is 6.20 Å². The van der Waals surface area contributed by atoms with Gasteiger partial charge in [-0.3, -0.25) is 4.79 Å². The number of carbonyl (C=O) groups excluding carboxylic acids is 1. The molecule has 4 fully saturated rings. The number of nitrogens with zero attached hydrogens (tertiary/aromatic N) is 3. The van der Waals surface area contributed by atoms with E-state index in [0.717, 1.165) is 62.0 Å². The molecule has 4 bridgehead atoms. The van der Waals surface area contributed by atoms with Gasteiger partial charge in [-0.2, -0.15) is 5.10 Å². The Morgan fingerprint density at radius 1 is 1.17 bits per heavy atom. The van der Waals surface area contributed by atoms with Crippen LogP contribution in [0, 0.1) is 17.8 Å². The van der Waals surface area contributed by atoms with Crippen LogP contribution in [0.2, 0.25) is 0 Å². The highest BCUT2D eigenvalue weighted by Gasteiger charge is 2.56. The van der Waals surface area contributed by atoms with Crippen molar-refractivity contribution in [3.8, 4) is 5.69 Å². The summed E-state index contributed by atoms with van der Waals surface area (Å²) in [5, 5.41) is 15.6. The lowest BCUT2D eigenvalue weighted by Crippen LogP contribution is -2.62. The number of rotatable bonds is 3. The van der Waals surface area contributed by atoms with Crippen LogP contribution in [-0.2, 0) is 12.8 Å². The summed E-state index contributed by atoms with van der Waals surface area (Å²) >= 11 is 0. The first-order valence-electron chi connectivity index (χ1n) is 11.7. The highest BCUT2D eigenvalue weighted by Crippen LogP contribution is 2.57. The molecule has 1 aromatic carbocycles. The summed E-state index contributed by atoms with van der Waals surface area (Å²) in [6.45, 7) is 2.98. The average molecular weight is 406 g/mol. The van der Waals surface area contributed by atoms with Crippen LogP contribution in [0.4, 0.5) is 0 Å². The largest absolute Gasteiger partial charge is 0.390 e. The van der Waals surface area contributed by atoms with Gasteiger partial charge in [0.05, 0.1) is 28.7 Å². The highest BCUT2D eigenvalue weighted by atomic mass is 16.3. The summed E-state index contributed by atoms with van der Waals surface area (Å²) in [5.41, 5.74) is 3.74. The van der Waals surface area contributed by atoms with Crippen molar-refractivity contribution in [2.75, 3.05) is 6.54 Å². The van der Waals surface area contributed by atoms with E-state index in [1.807, 2.05) is 10.7 Å². The second-order valence-electron chi connectivity index (χ2n) is 10.2. The van der Waals surface area contributed by atoms with Crippen molar-refractivity contribution >= 4 is 5.91 Å². The summed E-state index contributed by atoms with van der Waals surface area (Å²) in [4.78, 5) is 15.9. The Morgan fingerprint density at radius 2 is 1.93 bits per heavy atom. The highest BCUT2D eigenvalue weighted by molar-refractivity contribution is 5.96. The van der Waals surface area contributed by atoms with Crippen LogP contribution < -0.4 is 0 Å². The molecular formula is C25H31N3O2. The third-order valence-electron chi connectivity index (χ3n) is 8.32. The standard InChI is InChI=1S/C25H31N3O2/c1-2-17-6-3-4-7-21(17)28-22-8-5-9-27(24(29)20(22)15-26-28)23-18-10-16-11-19(23)14-25(30,12-16)13-18/h3-4,6-7,15-16,18-19,23,30H,2,5,8-14H2,1H3. The van der Waals surface area contributed by atoms with Gasteiger partial charge in [0, 0.05) is 12.6 Å². The van der Waals surface area contributed by atoms with Crippen LogP contribution >= 0.6 is 0 Å². The summed E-state index contributed by atoms with van der Waals surface area (Å²) in [5.74, 6) is 1.74. The van der Waals surface area contributed by atoms with Gasteiger partial charge < -0.3 is 10.0 Å². The molecule has 7 rings (SSSR count). The molecule has 5 nitrogen and oxygen atoms in total.